The third kappa shape index (κ3) is 3.36. The summed E-state index contributed by atoms with van der Waals surface area (Å²) in [5.41, 5.74) is 7.54. The molecule has 2 atom stereocenters. The molecule has 4 N–H and O–H groups in total. The van der Waals surface area contributed by atoms with Crippen molar-refractivity contribution in [3.8, 4) is 0 Å². The second kappa shape index (κ2) is 4.98. The van der Waals surface area contributed by atoms with Crippen molar-refractivity contribution in [3.05, 3.63) is 29.8 Å². The first-order chi connectivity index (χ1) is 6.59. The molecule has 0 bridgehead atoms. The van der Waals surface area contributed by atoms with Crippen molar-refractivity contribution >= 4 is 5.69 Å². The van der Waals surface area contributed by atoms with E-state index < -0.39 is 6.10 Å². The van der Waals surface area contributed by atoms with E-state index in [1.54, 1.807) is 6.92 Å². The summed E-state index contributed by atoms with van der Waals surface area (Å²) in [6, 6.07) is 7.86. The summed E-state index contributed by atoms with van der Waals surface area (Å²) in [4.78, 5) is 0. The Morgan fingerprint density at radius 2 is 2.14 bits per heavy atom. The van der Waals surface area contributed by atoms with Gasteiger partial charge in [0.2, 0.25) is 0 Å². The summed E-state index contributed by atoms with van der Waals surface area (Å²) in [6.07, 6.45) is -0.424. The van der Waals surface area contributed by atoms with E-state index >= 15 is 0 Å². The zero-order valence-corrected chi connectivity index (χ0v) is 8.70. The van der Waals surface area contributed by atoms with Crippen molar-refractivity contribution in [1.29, 1.82) is 0 Å². The first-order valence-corrected chi connectivity index (χ1v) is 4.87. The summed E-state index contributed by atoms with van der Waals surface area (Å²) in [5.74, 6) is 0. The number of benzene rings is 1. The number of anilines is 1. The Labute approximate surface area is 84.9 Å². The molecule has 1 rings (SSSR count). The molecule has 0 spiro atoms. The number of hydrogen-bond donors (Lipinski definition) is 3. The first kappa shape index (κ1) is 11.0. The van der Waals surface area contributed by atoms with Gasteiger partial charge in [-0.25, -0.2) is 0 Å². The quantitative estimate of drug-likeness (QED) is 0.680. The molecule has 0 heterocycles. The van der Waals surface area contributed by atoms with Crippen molar-refractivity contribution in [2.75, 3.05) is 11.9 Å². The molecule has 0 aliphatic heterocycles. The Hall–Kier alpha value is -1.06. The smallest absolute Gasteiger partial charge is 0.0762 e. The van der Waals surface area contributed by atoms with Gasteiger partial charge in [0.1, 0.15) is 0 Å². The third-order valence-corrected chi connectivity index (χ3v) is 2.00. The summed E-state index contributed by atoms with van der Waals surface area (Å²) < 4.78 is 0. The van der Waals surface area contributed by atoms with Crippen molar-refractivity contribution in [2.24, 2.45) is 5.73 Å². The SMILES string of the molecule is CC(N)CNc1cccc(C(C)O)c1. The van der Waals surface area contributed by atoms with Crippen LogP contribution in [0.15, 0.2) is 24.3 Å². The van der Waals surface area contributed by atoms with Crippen LogP contribution in [0.2, 0.25) is 0 Å². The molecule has 0 radical (unpaired) electrons. The fourth-order valence-corrected chi connectivity index (χ4v) is 1.19. The van der Waals surface area contributed by atoms with Crippen molar-refractivity contribution in [3.63, 3.8) is 0 Å². The molecule has 0 saturated carbocycles. The lowest BCUT2D eigenvalue weighted by molar-refractivity contribution is 0.199. The van der Waals surface area contributed by atoms with E-state index in [1.165, 1.54) is 0 Å². The average Bonchev–Trinajstić information content (AvgIpc) is 2.15. The number of nitrogens with two attached hydrogens (primary N) is 1. The lowest BCUT2D eigenvalue weighted by atomic mass is 10.1. The molecule has 0 amide bonds. The maximum atomic E-state index is 9.37. The van der Waals surface area contributed by atoms with Gasteiger partial charge >= 0.3 is 0 Å². The van der Waals surface area contributed by atoms with Crippen molar-refractivity contribution in [1.82, 2.24) is 0 Å². The van der Waals surface area contributed by atoms with E-state index in [4.69, 9.17) is 5.73 Å². The fourth-order valence-electron chi connectivity index (χ4n) is 1.19. The van der Waals surface area contributed by atoms with Gasteiger partial charge < -0.3 is 16.2 Å². The normalized spacial score (nSPS) is 14.9. The van der Waals surface area contributed by atoms with Crippen LogP contribution in [-0.2, 0) is 0 Å². The predicted octanol–water partition coefficient (Wildman–Crippen LogP) is 1.50. The van der Waals surface area contributed by atoms with Crippen molar-refractivity contribution in [2.45, 2.75) is 26.0 Å². The lowest BCUT2D eigenvalue weighted by Gasteiger charge is -2.11. The molecule has 78 valence electrons. The van der Waals surface area contributed by atoms with E-state index in [-0.39, 0.29) is 6.04 Å². The third-order valence-electron chi connectivity index (χ3n) is 2.00. The van der Waals surface area contributed by atoms with Crippen LogP contribution >= 0.6 is 0 Å². The van der Waals surface area contributed by atoms with Crippen LogP contribution in [0.25, 0.3) is 0 Å². The molecule has 0 aromatic heterocycles. The minimum Gasteiger partial charge on any atom is -0.389 e. The van der Waals surface area contributed by atoms with Gasteiger partial charge in [0.15, 0.2) is 0 Å². The largest absolute Gasteiger partial charge is 0.389 e. The minimum absolute atomic E-state index is 0.130. The second-order valence-electron chi connectivity index (χ2n) is 3.66. The summed E-state index contributed by atoms with van der Waals surface area (Å²) >= 11 is 0. The molecule has 0 saturated heterocycles. The highest BCUT2D eigenvalue weighted by molar-refractivity contribution is 5.46. The first-order valence-electron chi connectivity index (χ1n) is 4.87. The zero-order valence-electron chi connectivity index (χ0n) is 8.70. The number of rotatable bonds is 4. The van der Waals surface area contributed by atoms with Crippen LogP contribution in [0.5, 0.6) is 0 Å². The van der Waals surface area contributed by atoms with Crippen LogP contribution in [0, 0.1) is 0 Å². The monoisotopic (exact) mass is 194 g/mol. The summed E-state index contributed by atoms with van der Waals surface area (Å²) in [7, 11) is 0. The molecule has 0 fully saturated rings. The van der Waals surface area contributed by atoms with Gasteiger partial charge in [-0.15, -0.1) is 0 Å². The minimum atomic E-state index is -0.424. The molecule has 1 aromatic carbocycles. The Balaban J connectivity index is 2.64. The molecular weight excluding hydrogens is 176 g/mol. The van der Waals surface area contributed by atoms with Crippen molar-refractivity contribution < 1.29 is 5.11 Å². The van der Waals surface area contributed by atoms with Gasteiger partial charge in [-0.1, -0.05) is 12.1 Å². The zero-order chi connectivity index (χ0) is 10.6. The standard InChI is InChI=1S/C11H18N2O/c1-8(12)7-13-11-5-3-4-10(6-11)9(2)14/h3-6,8-9,13-14H,7,12H2,1-2H3. The predicted molar refractivity (Wildman–Crippen MR) is 59.2 cm³/mol. The molecule has 0 aliphatic rings. The topological polar surface area (TPSA) is 58.3 Å². The van der Waals surface area contributed by atoms with E-state index in [0.717, 1.165) is 17.8 Å². The van der Waals surface area contributed by atoms with Crippen LogP contribution in [0.1, 0.15) is 25.5 Å². The summed E-state index contributed by atoms with van der Waals surface area (Å²) in [5, 5.41) is 12.6. The van der Waals surface area contributed by atoms with Gasteiger partial charge in [-0.3, -0.25) is 0 Å². The van der Waals surface area contributed by atoms with E-state index in [2.05, 4.69) is 5.32 Å². The Morgan fingerprint density at radius 3 is 2.71 bits per heavy atom. The highest BCUT2D eigenvalue weighted by Gasteiger charge is 2.01. The fraction of sp³-hybridized carbons (Fsp3) is 0.455. The molecule has 0 aliphatic carbocycles. The highest BCUT2D eigenvalue weighted by atomic mass is 16.3. The van der Waals surface area contributed by atoms with Crippen LogP contribution < -0.4 is 11.1 Å². The Kier molecular flexibility index (Phi) is 3.92. The van der Waals surface area contributed by atoms with Crippen LogP contribution in [-0.4, -0.2) is 17.7 Å². The van der Waals surface area contributed by atoms with Gasteiger partial charge in [0.05, 0.1) is 6.10 Å². The highest BCUT2D eigenvalue weighted by Crippen LogP contribution is 2.16. The lowest BCUT2D eigenvalue weighted by Crippen LogP contribution is -2.25. The van der Waals surface area contributed by atoms with E-state index in [9.17, 15) is 5.11 Å². The van der Waals surface area contributed by atoms with Gasteiger partial charge in [0.25, 0.3) is 0 Å². The maximum Gasteiger partial charge on any atom is 0.0762 e. The van der Waals surface area contributed by atoms with Crippen LogP contribution in [0.4, 0.5) is 5.69 Å². The number of hydrogen-bond acceptors (Lipinski definition) is 3. The molecule has 2 unspecified atom stereocenters. The molecular formula is C11H18N2O. The molecule has 3 heteroatoms. The second-order valence-corrected chi connectivity index (χ2v) is 3.66. The average molecular weight is 194 g/mol. The van der Waals surface area contributed by atoms with Crippen LogP contribution in [0.3, 0.4) is 0 Å². The number of aliphatic hydroxyl groups excluding tert-OH is 1. The van der Waals surface area contributed by atoms with E-state index in [1.807, 2.05) is 31.2 Å². The number of nitrogens with one attached hydrogen (secondary N) is 1. The Bertz CT molecular complexity index is 284. The molecule has 14 heavy (non-hydrogen) atoms. The molecule has 1 aromatic rings. The van der Waals surface area contributed by atoms with Gasteiger partial charge in [-0.2, -0.15) is 0 Å². The number of aliphatic hydroxyl groups is 1. The van der Waals surface area contributed by atoms with E-state index in [0.29, 0.717) is 0 Å². The maximum absolute atomic E-state index is 9.37. The van der Waals surface area contributed by atoms with Gasteiger partial charge in [-0.05, 0) is 31.5 Å². The summed E-state index contributed by atoms with van der Waals surface area (Å²) in [6.45, 7) is 4.44. The Morgan fingerprint density at radius 1 is 1.43 bits per heavy atom. The van der Waals surface area contributed by atoms with Gasteiger partial charge in [0, 0.05) is 18.3 Å². The molecule has 3 nitrogen and oxygen atoms in total.